The molecule has 0 aromatic heterocycles. The van der Waals surface area contributed by atoms with Crippen LogP contribution >= 0.6 is 0 Å². The van der Waals surface area contributed by atoms with Gasteiger partial charge < -0.3 is 25.1 Å². The Morgan fingerprint density at radius 1 is 0.667 bits per heavy atom. The summed E-state index contributed by atoms with van der Waals surface area (Å²) in [6, 6.07) is -1.52. The second-order valence-electron chi connectivity index (χ2n) is 7.72. The Hall–Kier alpha value is 1.68. The molecule has 0 spiro atoms. The summed E-state index contributed by atoms with van der Waals surface area (Å²) in [6.45, 7) is 2.24. The van der Waals surface area contributed by atoms with Crippen LogP contribution in [0.25, 0.3) is 0 Å². The van der Waals surface area contributed by atoms with Crippen LogP contribution in [0, 0.1) is 0 Å². The first-order valence-corrected chi connectivity index (χ1v) is 11.2. The summed E-state index contributed by atoms with van der Waals surface area (Å²) in [6.07, 6.45) is 17.9. The summed E-state index contributed by atoms with van der Waals surface area (Å²) in [5.74, 6) is -3.58. The Morgan fingerprint density at radius 2 is 1.03 bits per heavy atom. The standard InChI is InChI=1S/C22H41NO5.2K/c1-2-3-4-5-6-7-8-9-10-11-12-13-14-15-16-17-20(24)23-19(22(27)28)18-21(25)26;;/h19H,2-18H2,1H3,(H,23,24)(H,25,26)(H,27,28);;/q;2*+1/p-2. The van der Waals surface area contributed by atoms with Gasteiger partial charge in [-0.05, 0) is 6.42 Å². The minimum Gasteiger partial charge on any atom is -0.550 e. The Labute approximate surface area is 268 Å². The molecule has 8 heteroatoms. The van der Waals surface area contributed by atoms with Gasteiger partial charge in [-0.1, -0.05) is 96.8 Å². The maximum Gasteiger partial charge on any atom is 1.00 e. The second-order valence-corrected chi connectivity index (χ2v) is 7.72. The minimum atomic E-state index is -1.60. The average molecular weight is 476 g/mol. The number of amides is 1. The number of carboxylic acid groups (broad SMARTS) is 2. The topological polar surface area (TPSA) is 109 Å². The van der Waals surface area contributed by atoms with Crippen LogP contribution in [0.15, 0.2) is 0 Å². The molecule has 0 heterocycles. The molecule has 1 atom stereocenters. The first-order valence-electron chi connectivity index (χ1n) is 11.2. The van der Waals surface area contributed by atoms with Crippen LogP contribution in [0.2, 0.25) is 0 Å². The normalized spacial score (nSPS) is 11.1. The molecule has 0 aliphatic carbocycles. The molecule has 0 saturated carbocycles. The summed E-state index contributed by atoms with van der Waals surface area (Å²) in [5, 5.41) is 23.4. The zero-order valence-corrected chi connectivity index (χ0v) is 25.9. The van der Waals surface area contributed by atoms with E-state index in [2.05, 4.69) is 12.2 Å². The number of carbonyl (C=O) groups excluding carboxylic acids is 3. The third-order valence-corrected chi connectivity index (χ3v) is 5.00. The second kappa shape index (κ2) is 26.9. The van der Waals surface area contributed by atoms with E-state index in [0.717, 1.165) is 19.3 Å². The molecule has 1 unspecified atom stereocenters. The predicted octanol–water partition coefficient (Wildman–Crippen LogP) is -3.37. The molecule has 164 valence electrons. The number of nitrogens with one attached hydrogen (secondary N) is 1. The van der Waals surface area contributed by atoms with Crippen molar-refractivity contribution in [1.82, 2.24) is 5.32 Å². The van der Waals surface area contributed by atoms with E-state index in [1.807, 2.05) is 0 Å². The van der Waals surface area contributed by atoms with Crippen LogP contribution in [-0.2, 0) is 14.4 Å². The molecule has 0 aliphatic rings. The molecule has 0 bridgehead atoms. The maximum absolute atomic E-state index is 11.7. The summed E-state index contributed by atoms with van der Waals surface area (Å²) in [4.78, 5) is 32.9. The largest absolute Gasteiger partial charge is 1.00 e. The van der Waals surface area contributed by atoms with Gasteiger partial charge >= 0.3 is 103 Å². The number of hydrogen-bond acceptors (Lipinski definition) is 5. The van der Waals surface area contributed by atoms with Gasteiger partial charge in [0.25, 0.3) is 0 Å². The van der Waals surface area contributed by atoms with Crippen molar-refractivity contribution in [1.29, 1.82) is 0 Å². The Bertz CT molecular complexity index is 436. The van der Waals surface area contributed by atoms with Crippen molar-refractivity contribution in [3.8, 4) is 0 Å². The molecule has 0 radical (unpaired) electrons. The van der Waals surface area contributed by atoms with Crippen LogP contribution in [0.1, 0.15) is 116 Å². The van der Waals surface area contributed by atoms with E-state index in [0.29, 0.717) is 6.42 Å². The molecule has 0 aromatic rings. The fourth-order valence-electron chi connectivity index (χ4n) is 3.28. The number of aliphatic carboxylic acids is 2. The van der Waals surface area contributed by atoms with Crippen molar-refractivity contribution in [2.45, 2.75) is 122 Å². The third-order valence-electron chi connectivity index (χ3n) is 5.00. The molecule has 0 fully saturated rings. The maximum atomic E-state index is 11.7. The molecule has 30 heavy (non-hydrogen) atoms. The molecular weight excluding hydrogens is 436 g/mol. The first-order chi connectivity index (χ1) is 13.5. The van der Waals surface area contributed by atoms with Gasteiger partial charge in [0.1, 0.15) is 0 Å². The molecule has 1 amide bonds. The van der Waals surface area contributed by atoms with E-state index < -0.39 is 30.3 Å². The van der Waals surface area contributed by atoms with Gasteiger partial charge in [0, 0.05) is 18.8 Å². The zero-order valence-electron chi connectivity index (χ0n) is 19.6. The van der Waals surface area contributed by atoms with Gasteiger partial charge in [0.2, 0.25) is 5.91 Å². The van der Waals surface area contributed by atoms with E-state index >= 15 is 0 Å². The van der Waals surface area contributed by atoms with Crippen LogP contribution in [-0.4, -0.2) is 23.9 Å². The summed E-state index contributed by atoms with van der Waals surface area (Å²) < 4.78 is 0. The Morgan fingerprint density at radius 3 is 1.37 bits per heavy atom. The number of unbranched alkanes of at least 4 members (excludes halogenated alkanes) is 14. The molecule has 1 N–H and O–H groups in total. The van der Waals surface area contributed by atoms with Gasteiger partial charge in [-0.25, -0.2) is 0 Å². The number of carbonyl (C=O) groups is 3. The van der Waals surface area contributed by atoms with Gasteiger partial charge in [-0.3, -0.25) is 4.79 Å². The van der Waals surface area contributed by atoms with E-state index in [1.165, 1.54) is 70.6 Å². The third kappa shape index (κ3) is 25.9. The van der Waals surface area contributed by atoms with Gasteiger partial charge in [0.15, 0.2) is 0 Å². The Kier molecular flexibility index (Phi) is 32.5. The smallest absolute Gasteiger partial charge is 0.550 e. The van der Waals surface area contributed by atoms with Gasteiger partial charge in [0.05, 0.1) is 12.0 Å². The summed E-state index contributed by atoms with van der Waals surface area (Å²) >= 11 is 0. The van der Waals surface area contributed by atoms with Gasteiger partial charge in [-0.2, -0.15) is 0 Å². The monoisotopic (exact) mass is 475 g/mol. The van der Waals surface area contributed by atoms with E-state index in [-0.39, 0.29) is 109 Å². The quantitative estimate of drug-likeness (QED) is 0.146. The van der Waals surface area contributed by atoms with Crippen molar-refractivity contribution < 1.29 is 127 Å². The van der Waals surface area contributed by atoms with Crippen molar-refractivity contribution in [3.63, 3.8) is 0 Å². The molecule has 0 aromatic carbocycles. The van der Waals surface area contributed by atoms with E-state index in [4.69, 9.17) is 0 Å². The fraction of sp³-hybridized carbons (Fsp3) is 0.864. The minimum absolute atomic E-state index is 0. The molecule has 0 saturated heterocycles. The Balaban J connectivity index is -0.00000364. The number of carboxylic acids is 2. The number of hydrogen-bond donors (Lipinski definition) is 1. The number of rotatable bonds is 20. The fourth-order valence-corrected chi connectivity index (χ4v) is 3.28. The van der Waals surface area contributed by atoms with Crippen molar-refractivity contribution in [3.05, 3.63) is 0 Å². The van der Waals surface area contributed by atoms with E-state index in [1.54, 1.807) is 0 Å². The molecule has 0 aliphatic heterocycles. The molecule has 6 nitrogen and oxygen atoms in total. The van der Waals surface area contributed by atoms with Crippen molar-refractivity contribution in [2.24, 2.45) is 0 Å². The van der Waals surface area contributed by atoms with Gasteiger partial charge in [-0.15, -0.1) is 0 Å². The van der Waals surface area contributed by atoms with Crippen molar-refractivity contribution >= 4 is 17.8 Å². The molecular formula is C22H39K2NO5. The van der Waals surface area contributed by atoms with Crippen LogP contribution in [0.5, 0.6) is 0 Å². The average Bonchev–Trinajstić information content (AvgIpc) is 2.64. The first kappa shape index (κ1) is 36.3. The molecule has 0 rings (SSSR count). The zero-order chi connectivity index (χ0) is 21.0. The van der Waals surface area contributed by atoms with E-state index in [9.17, 15) is 24.6 Å². The van der Waals surface area contributed by atoms with Crippen LogP contribution in [0.3, 0.4) is 0 Å². The SMILES string of the molecule is CCCCCCCCCCCCCCCCCC(=O)NC(CC(=O)[O-])C(=O)[O-].[K+].[K+]. The summed E-state index contributed by atoms with van der Waals surface area (Å²) in [7, 11) is 0. The van der Waals surface area contributed by atoms with Crippen LogP contribution < -0.4 is 118 Å². The van der Waals surface area contributed by atoms with Crippen LogP contribution in [0.4, 0.5) is 0 Å². The summed E-state index contributed by atoms with van der Waals surface area (Å²) in [5.41, 5.74) is 0. The predicted molar refractivity (Wildman–Crippen MR) is 106 cm³/mol. The van der Waals surface area contributed by atoms with Crippen molar-refractivity contribution in [2.75, 3.05) is 0 Å².